The van der Waals surface area contributed by atoms with E-state index in [-0.39, 0.29) is 5.57 Å². The summed E-state index contributed by atoms with van der Waals surface area (Å²) in [5.41, 5.74) is 0.650. The summed E-state index contributed by atoms with van der Waals surface area (Å²) in [5.74, 6) is -0.908. The fraction of sp³-hybridized carbons (Fsp3) is 0.727. The first-order valence-electron chi connectivity index (χ1n) is 5.05. The maximum absolute atomic E-state index is 10.5. The predicted octanol–water partition coefficient (Wildman–Crippen LogP) is 1.80. The first-order chi connectivity index (χ1) is 6.41. The third-order valence-electron chi connectivity index (χ3n) is 2.88. The van der Waals surface area contributed by atoms with Gasteiger partial charge >= 0.3 is 5.97 Å². The van der Waals surface area contributed by atoms with Gasteiger partial charge in [-0.3, -0.25) is 0 Å². The number of hydrogen-bond acceptors (Lipinski definition) is 2. The van der Waals surface area contributed by atoms with Crippen LogP contribution in [-0.2, 0) is 4.79 Å². The second kappa shape index (κ2) is 4.13. The third kappa shape index (κ3) is 3.14. The molecule has 2 N–H and O–H groups in total. The second-order valence-corrected chi connectivity index (χ2v) is 4.89. The Morgan fingerprint density at radius 2 is 2.29 bits per heavy atom. The van der Waals surface area contributed by atoms with Gasteiger partial charge in [-0.25, -0.2) is 4.79 Å². The molecule has 0 radical (unpaired) electrons. The quantitative estimate of drug-likeness (QED) is 0.676. The molecule has 0 amide bonds. The highest BCUT2D eigenvalue weighted by Crippen LogP contribution is 2.36. The number of carboxylic acid groups (broad SMARTS) is 1. The van der Waals surface area contributed by atoms with Crippen LogP contribution in [-0.4, -0.2) is 23.7 Å². The SMILES string of the molecule is C=C(CNC1CCC(C)(C)C1)C(=O)O. The number of rotatable bonds is 4. The summed E-state index contributed by atoms with van der Waals surface area (Å²) in [6.45, 7) is 8.39. The number of nitrogens with one attached hydrogen (secondary N) is 1. The van der Waals surface area contributed by atoms with E-state index in [0.717, 1.165) is 12.8 Å². The Labute approximate surface area is 85.2 Å². The van der Waals surface area contributed by atoms with E-state index in [4.69, 9.17) is 5.11 Å². The molecule has 1 aliphatic carbocycles. The van der Waals surface area contributed by atoms with Crippen LogP contribution in [0.2, 0.25) is 0 Å². The molecule has 80 valence electrons. The molecule has 0 aromatic carbocycles. The van der Waals surface area contributed by atoms with Crippen molar-refractivity contribution >= 4 is 5.97 Å². The fourth-order valence-electron chi connectivity index (χ4n) is 1.95. The van der Waals surface area contributed by atoms with Crippen LogP contribution in [0.15, 0.2) is 12.2 Å². The van der Waals surface area contributed by atoms with Gasteiger partial charge in [0.05, 0.1) is 0 Å². The molecule has 0 spiro atoms. The van der Waals surface area contributed by atoms with Crippen LogP contribution in [0.3, 0.4) is 0 Å². The molecule has 0 aliphatic heterocycles. The average Bonchev–Trinajstić information content (AvgIpc) is 2.41. The zero-order chi connectivity index (χ0) is 10.8. The highest BCUT2D eigenvalue weighted by molar-refractivity contribution is 5.86. The Kier molecular flexibility index (Phi) is 3.32. The predicted molar refractivity (Wildman–Crippen MR) is 56.2 cm³/mol. The van der Waals surface area contributed by atoms with Crippen molar-refractivity contribution in [2.45, 2.75) is 39.2 Å². The van der Waals surface area contributed by atoms with Gasteiger partial charge in [0.25, 0.3) is 0 Å². The van der Waals surface area contributed by atoms with Gasteiger partial charge in [-0.05, 0) is 24.7 Å². The van der Waals surface area contributed by atoms with E-state index >= 15 is 0 Å². The normalized spacial score (nSPS) is 24.9. The minimum Gasteiger partial charge on any atom is -0.478 e. The van der Waals surface area contributed by atoms with Crippen LogP contribution in [0, 0.1) is 5.41 Å². The second-order valence-electron chi connectivity index (χ2n) is 4.89. The number of aliphatic carboxylic acids is 1. The molecule has 0 bridgehead atoms. The van der Waals surface area contributed by atoms with Crippen molar-refractivity contribution in [1.82, 2.24) is 5.32 Å². The molecule has 3 heteroatoms. The first kappa shape index (κ1) is 11.2. The average molecular weight is 197 g/mol. The Bertz CT molecular complexity index is 246. The lowest BCUT2D eigenvalue weighted by Gasteiger charge is -2.17. The van der Waals surface area contributed by atoms with Gasteiger partial charge in [-0.2, -0.15) is 0 Å². The lowest BCUT2D eigenvalue weighted by molar-refractivity contribution is -0.132. The van der Waals surface area contributed by atoms with Gasteiger partial charge in [0.15, 0.2) is 0 Å². The van der Waals surface area contributed by atoms with Crippen molar-refractivity contribution < 1.29 is 9.90 Å². The van der Waals surface area contributed by atoms with Crippen LogP contribution in [0.4, 0.5) is 0 Å². The molecule has 1 saturated carbocycles. The van der Waals surface area contributed by atoms with Gasteiger partial charge in [0, 0.05) is 18.2 Å². The molecule has 1 fully saturated rings. The van der Waals surface area contributed by atoms with E-state index in [0.29, 0.717) is 18.0 Å². The molecule has 1 atom stereocenters. The summed E-state index contributed by atoms with van der Waals surface area (Å²) in [7, 11) is 0. The van der Waals surface area contributed by atoms with E-state index in [2.05, 4.69) is 25.7 Å². The molecular formula is C11H19NO2. The number of hydrogen-bond donors (Lipinski definition) is 2. The van der Waals surface area contributed by atoms with Gasteiger partial charge in [0.1, 0.15) is 0 Å². The largest absolute Gasteiger partial charge is 0.478 e. The molecule has 0 aromatic rings. The maximum Gasteiger partial charge on any atom is 0.332 e. The van der Waals surface area contributed by atoms with Crippen molar-refractivity contribution in [2.24, 2.45) is 5.41 Å². The van der Waals surface area contributed by atoms with Crippen LogP contribution < -0.4 is 5.32 Å². The van der Waals surface area contributed by atoms with Gasteiger partial charge in [-0.1, -0.05) is 20.4 Å². The Morgan fingerprint density at radius 1 is 1.64 bits per heavy atom. The van der Waals surface area contributed by atoms with E-state index in [1.54, 1.807) is 0 Å². The lowest BCUT2D eigenvalue weighted by Crippen LogP contribution is -2.30. The minimum atomic E-state index is -0.908. The van der Waals surface area contributed by atoms with Crippen molar-refractivity contribution in [1.29, 1.82) is 0 Å². The van der Waals surface area contributed by atoms with E-state index < -0.39 is 5.97 Å². The van der Waals surface area contributed by atoms with Crippen LogP contribution >= 0.6 is 0 Å². The molecule has 1 aliphatic rings. The van der Waals surface area contributed by atoms with Crippen molar-refractivity contribution in [2.75, 3.05) is 6.54 Å². The van der Waals surface area contributed by atoms with Crippen LogP contribution in [0.5, 0.6) is 0 Å². The summed E-state index contributed by atoms with van der Waals surface area (Å²) in [5, 5.41) is 11.9. The maximum atomic E-state index is 10.5. The number of carboxylic acids is 1. The summed E-state index contributed by atoms with van der Waals surface area (Å²) < 4.78 is 0. The van der Waals surface area contributed by atoms with Crippen molar-refractivity contribution in [3.05, 3.63) is 12.2 Å². The first-order valence-corrected chi connectivity index (χ1v) is 5.05. The number of carbonyl (C=O) groups is 1. The monoisotopic (exact) mass is 197 g/mol. The van der Waals surface area contributed by atoms with Gasteiger partial charge in [0.2, 0.25) is 0 Å². The van der Waals surface area contributed by atoms with Crippen molar-refractivity contribution in [3.63, 3.8) is 0 Å². The topological polar surface area (TPSA) is 49.3 Å². The van der Waals surface area contributed by atoms with Crippen LogP contribution in [0.1, 0.15) is 33.1 Å². The molecule has 14 heavy (non-hydrogen) atoms. The molecule has 3 nitrogen and oxygen atoms in total. The molecule has 0 aromatic heterocycles. The Balaban J connectivity index is 2.27. The smallest absolute Gasteiger partial charge is 0.332 e. The van der Waals surface area contributed by atoms with E-state index in [9.17, 15) is 4.79 Å². The summed E-state index contributed by atoms with van der Waals surface area (Å²) >= 11 is 0. The third-order valence-corrected chi connectivity index (χ3v) is 2.88. The van der Waals surface area contributed by atoms with Crippen LogP contribution in [0.25, 0.3) is 0 Å². The summed E-state index contributed by atoms with van der Waals surface area (Å²) in [4.78, 5) is 10.5. The zero-order valence-electron chi connectivity index (χ0n) is 8.97. The molecule has 1 rings (SSSR count). The van der Waals surface area contributed by atoms with Gasteiger partial charge < -0.3 is 10.4 Å². The standard InChI is InChI=1S/C11H19NO2/c1-8(10(13)14)7-12-9-4-5-11(2,3)6-9/h9,12H,1,4-7H2,2-3H3,(H,13,14). The zero-order valence-corrected chi connectivity index (χ0v) is 8.97. The van der Waals surface area contributed by atoms with E-state index in [1.807, 2.05) is 0 Å². The minimum absolute atomic E-state index is 0.245. The molecular weight excluding hydrogens is 178 g/mol. The van der Waals surface area contributed by atoms with E-state index in [1.165, 1.54) is 6.42 Å². The highest BCUT2D eigenvalue weighted by Gasteiger charge is 2.30. The molecule has 1 unspecified atom stereocenters. The lowest BCUT2D eigenvalue weighted by atomic mass is 9.92. The van der Waals surface area contributed by atoms with Crippen molar-refractivity contribution in [3.8, 4) is 0 Å². The van der Waals surface area contributed by atoms with Gasteiger partial charge in [-0.15, -0.1) is 0 Å². The molecule has 0 saturated heterocycles. The molecule has 0 heterocycles. The summed E-state index contributed by atoms with van der Waals surface area (Å²) in [6, 6.07) is 0.459. The Hall–Kier alpha value is -0.830. The fourth-order valence-corrected chi connectivity index (χ4v) is 1.95. The highest BCUT2D eigenvalue weighted by atomic mass is 16.4. The Morgan fingerprint density at radius 3 is 2.71 bits per heavy atom. The summed E-state index contributed by atoms with van der Waals surface area (Å²) in [6.07, 6.45) is 3.48.